The van der Waals surface area contributed by atoms with Crippen LogP contribution in [-0.4, -0.2) is 42.7 Å². The SMILES string of the molecule is C[C@H](NC(=O)c1cccc(S(=O)(=O)N(C)C)c1)c1nc2ccccc2[nH]1. The smallest absolute Gasteiger partial charge is 0.251 e. The molecule has 1 amide bonds. The summed E-state index contributed by atoms with van der Waals surface area (Å²) < 4.78 is 25.6. The summed E-state index contributed by atoms with van der Waals surface area (Å²) in [6, 6.07) is 13.2. The lowest BCUT2D eigenvalue weighted by Crippen LogP contribution is -2.28. The molecule has 0 saturated carbocycles. The number of hydrogen-bond donors (Lipinski definition) is 2. The molecule has 1 aromatic heterocycles. The van der Waals surface area contributed by atoms with E-state index in [1.54, 1.807) is 12.1 Å². The molecule has 0 aliphatic heterocycles. The Labute approximate surface area is 152 Å². The number of sulfonamides is 1. The van der Waals surface area contributed by atoms with Gasteiger partial charge in [-0.15, -0.1) is 0 Å². The number of carbonyl (C=O) groups excluding carboxylic acids is 1. The lowest BCUT2D eigenvalue weighted by molar-refractivity contribution is 0.0938. The van der Waals surface area contributed by atoms with E-state index >= 15 is 0 Å². The molecule has 0 aliphatic carbocycles. The monoisotopic (exact) mass is 372 g/mol. The zero-order chi connectivity index (χ0) is 18.9. The van der Waals surface area contributed by atoms with E-state index in [-0.39, 0.29) is 22.4 Å². The van der Waals surface area contributed by atoms with Gasteiger partial charge >= 0.3 is 0 Å². The fourth-order valence-corrected chi connectivity index (χ4v) is 3.48. The summed E-state index contributed by atoms with van der Waals surface area (Å²) in [6.07, 6.45) is 0. The number of aromatic nitrogens is 2. The predicted octanol–water partition coefficient (Wildman–Crippen LogP) is 2.30. The molecule has 2 N–H and O–H groups in total. The zero-order valence-corrected chi connectivity index (χ0v) is 15.5. The first-order valence-electron chi connectivity index (χ1n) is 8.07. The first-order valence-corrected chi connectivity index (χ1v) is 9.51. The molecule has 2 aromatic carbocycles. The topological polar surface area (TPSA) is 95.2 Å². The van der Waals surface area contributed by atoms with Crippen LogP contribution >= 0.6 is 0 Å². The highest BCUT2D eigenvalue weighted by Gasteiger charge is 2.20. The lowest BCUT2D eigenvalue weighted by Gasteiger charge is -2.14. The van der Waals surface area contributed by atoms with Crippen molar-refractivity contribution in [3.05, 3.63) is 59.9 Å². The van der Waals surface area contributed by atoms with E-state index in [0.29, 0.717) is 5.82 Å². The molecule has 0 fully saturated rings. The van der Waals surface area contributed by atoms with E-state index < -0.39 is 10.0 Å². The van der Waals surface area contributed by atoms with E-state index in [9.17, 15) is 13.2 Å². The maximum atomic E-state index is 12.5. The quantitative estimate of drug-likeness (QED) is 0.718. The van der Waals surface area contributed by atoms with Gasteiger partial charge in [-0.2, -0.15) is 0 Å². The van der Waals surface area contributed by atoms with Crippen molar-refractivity contribution < 1.29 is 13.2 Å². The molecule has 3 rings (SSSR count). The van der Waals surface area contributed by atoms with Crippen molar-refractivity contribution in [2.75, 3.05) is 14.1 Å². The molecule has 1 heterocycles. The number of benzene rings is 2. The molecule has 0 unspecified atom stereocenters. The van der Waals surface area contributed by atoms with E-state index in [4.69, 9.17) is 0 Å². The Kier molecular flexibility index (Phi) is 4.80. The van der Waals surface area contributed by atoms with E-state index in [1.165, 1.54) is 26.2 Å². The highest BCUT2D eigenvalue weighted by Crippen LogP contribution is 2.18. The molecule has 8 heteroatoms. The summed E-state index contributed by atoms with van der Waals surface area (Å²) in [5, 5.41) is 2.84. The third-order valence-electron chi connectivity index (χ3n) is 4.04. The number of aromatic amines is 1. The highest BCUT2D eigenvalue weighted by molar-refractivity contribution is 7.89. The Balaban J connectivity index is 1.81. The molecule has 3 aromatic rings. The van der Waals surface area contributed by atoms with Gasteiger partial charge in [-0.1, -0.05) is 18.2 Å². The number of rotatable bonds is 5. The van der Waals surface area contributed by atoms with Gasteiger partial charge in [0.1, 0.15) is 5.82 Å². The second kappa shape index (κ2) is 6.89. The molecule has 7 nitrogen and oxygen atoms in total. The molecule has 26 heavy (non-hydrogen) atoms. The number of para-hydroxylation sites is 2. The summed E-state index contributed by atoms with van der Waals surface area (Å²) in [6.45, 7) is 1.82. The summed E-state index contributed by atoms with van der Waals surface area (Å²) >= 11 is 0. The van der Waals surface area contributed by atoms with Crippen LogP contribution < -0.4 is 5.32 Å². The van der Waals surface area contributed by atoms with Crippen LogP contribution in [-0.2, 0) is 10.0 Å². The fourth-order valence-electron chi connectivity index (χ4n) is 2.53. The van der Waals surface area contributed by atoms with Crippen molar-refractivity contribution in [3.8, 4) is 0 Å². The third kappa shape index (κ3) is 3.47. The van der Waals surface area contributed by atoms with Gasteiger partial charge < -0.3 is 10.3 Å². The van der Waals surface area contributed by atoms with Crippen molar-refractivity contribution in [2.24, 2.45) is 0 Å². The molecule has 0 radical (unpaired) electrons. The van der Waals surface area contributed by atoms with Crippen LogP contribution in [0.1, 0.15) is 29.1 Å². The average molecular weight is 372 g/mol. The molecular weight excluding hydrogens is 352 g/mol. The van der Waals surface area contributed by atoms with Gasteiger partial charge in [0.05, 0.1) is 22.0 Å². The van der Waals surface area contributed by atoms with Gasteiger partial charge in [-0.3, -0.25) is 4.79 Å². The summed E-state index contributed by atoms with van der Waals surface area (Å²) in [5.74, 6) is 0.269. The maximum Gasteiger partial charge on any atom is 0.251 e. The van der Waals surface area contributed by atoms with Crippen LogP contribution in [0.5, 0.6) is 0 Å². The van der Waals surface area contributed by atoms with Crippen molar-refractivity contribution in [3.63, 3.8) is 0 Å². The second-order valence-electron chi connectivity index (χ2n) is 6.15. The van der Waals surface area contributed by atoms with Crippen LogP contribution in [0.2, 0.25) is 0 Å². The Morgan fingerprint density at radius 2 is 1.88 bits per heavy atom. The largest absolute Gasteiger partial charge is 0.342 e. The van der Waals surface area contributed by atoms with Gasteiger partial charge in [0, 0.05) is 19.7 Å². The van der Waals surface area contributed by atoms with Crippen LogP contribution in [0.25, 0.3) is 11.0 Å². The summed E-state index contributed by atoms with van der Waals surface area (Å²) in [7, 11) is -0.696. The summed E-state index contributed by atoms with van der Waals surface area (Å²) in [4.78, 5) is 20.2. The second-order valence-corrected chi connectivity index (χ2v) is 8.30. The average Bonchev–Trinajstić information content (AvgIpc) is 3.06. The molecule has 1 atom stereocenters. The molecule has 0 spiro atoms. The van der Waals surface area contributed by atoms with Crippen LogP contribution in [0.15, 0.2) is 53.4 Å². The molecule has 0 saturated heterocycles. The molecule has 0 bridgehead atoms. The predicted molar refractivity (Wildman–Crippen MR) is 99.3 cm³/mol. The Hall–Kier alpha value is -2.71. The first kappa shape index (κ1) is 18.1. The van der Waals surface area contributed by atoms with Crippen LogP contribution in [0.4, 0.5) is 0 Å². The first-order chi connectivity index (χ1) is 12.3. The van der Waals surface area contributed by atoms with Crippen molar-refractivity contribution in [1.82, 2.24) is 19.6 Å². The van der Waals surface area contributed by atoms with Crippen LogP contribution in [0, 0.1) is 0 Å². The fraction of sp³-hybridized carbons (Fsp3) is 0.222. The van der Waals surface area contributed by atoms with Crippen LogP contribution in [0.3, 0.4) is 0 Å². The molecule has 136 valence electrons. The number of H-pyrrole nitrogens is 1. The molecule has 0 aliphatic rings. The van der Waals surface area contributed by atoms with E-state index in [2.05, 4.69) is 15.3 Å². The van der Waals surface area contributed by atoms with Gasteiger partial charge in [-0.05, 0) is 37.3 Å². The lowest BCUT2D eigenvalue weighted by atomic mass is 10.2. The Bertz CT molecular complexity index is 1020. The van der Waals surface area contributed by atoms with E-state index in [0.717, 1.165) is 15.3 Å². The normalized spacial score (nSPS) is 13.1. The number of fused-ring (bicyclic) bond motifs is 1. The summed E-state index contributed by atoms with van der Waals surface area (Å²) in [5.41, 5.74) is 1.99. The Morgan fingerprint density at radius 1 is 1.15 bits per heavy atom. The van der Waals surface area contributed by atoms with Gasteiger partial charge in [0.2, 0.25) is 10.0 Å². The van der Waals surface area contributed by atoms with Crippen molar-refractivity contribution in [1.29, 1.82) is 0 Å². The number of hydrogen-bond acceptors (Lipinski definition) is 4. The number of nitrogens with zero attached hydrogens (tertiary/aromatic N) is 2. The molecular formula is C18H20N4O3S. The maximum absolute atomic E-state index is 12.5. The zero-order valence-electron chi connectivity index (χ0n) is 14.7. The Morgan fingerprint density at radius 3 is 2.58 bits per heavy atom. The minimum absolute atomic E-state index is 0.0755. The van der Waals surface area contributed by atoms with Gasteiger partial charge in [-0.25, -0.2) is 17.7 Å². The highest BCUT2D eigenvalue weighted by atomic mass is 32.2. The standard InChI is InChI=1S/C18H20N4O3S/c1-12(17-20-15-9-4-5-10-16(15)21-17)19-18(23)13-7-6-8-14(11-13)26(24,25)22(2)3/h4-12H,1-3H3,(H,19,23)(H,20,21)/t12-/m0/s1. The van der Waals surface area contributed by atoms with Gasteiger partial charge in [0.25, 0.3) is 5.91 Å². The minimum atomic E-state index is -3.60. The minimum Gasteiger partial charge on any atom is -0.342 e. The van der Waals surface area contributed by atoms with Gasteiger partial charge in [0.15, 0.2) is 0 Å². The van der Waals surface area contributed by atoms with Crippen molar-refractivity contribution in [2.45, 2.75) is 17.9 Å². The van der Waals surface area contributed by atoms with Crippen molar-refractivity contribution >= 4 is 27.0 Å². The third-order valence-corrected chi connectivity index (χ3v) is 5.85. The number of carbonyl (C=O) groups is 1. The number of imidazole rings is 1. The number of amides is 1. The number of nitrogens with one attached hydrogen (secondary N) is 2. The van der Waals surface area contributed by atoms with E-state index in [1.807, 2.05) is 31.2 Å².